The lowest BCUT2D eigenvalue weighted by molar-refractivity contribution is -0.0235. The number of piperazine rings is 1. The molecule has 3 rings (SSSR count). The minimum Gasteiger partial charge on any atom is -0.444 e. The highest BCUT2D eigenvalue weighted by atomic mass is 16.6. The number of hydrogen-bond acceptors (Lipinski definition) is 3. The number of rotatable bonds is 0. The third-order valence-corrected chi connectivity index (χ3v) is 3.45. The maximum atomic E-state index is 12.1. The zero-order valence-electron chi connectivity index (χ0n) is 10.6. The van der Waals surface area contributed by atoms with Crippen molar-refractivity contribution in [1.82, 2.24) is 10.2 Å². The third kappa shape index (κ3) is 2.17. The Hall–Kier alpha value is -0.770. The van der Waals surface area contributed by atoms with Gasteiger partial charge < -0.3 is 10.1 Å². The largest absolute Gasteiger partial charge is 0.444 e. The van der Waals surface area contributed by atoms with E-state index in [1.807, 2.05) is 25.7 Å². The Morgan fingerprint density at radius 3 is 2.50 bits per heavy atom. The van der Waals surface area contributed by atoms with Gasteiger partial charge in [-0.25, -0.2) is 4.79 Å². The van der Waals surface area contributed by atoms with Gasteiger partial charge in [0.25, 0.3) is 0 Å². The number of nitrogens with zero attached hydrogens (tertiary/aromatic N) is 1. The Balaban J connectivity index is 2.06. The predicted molar refractivity (Wildman–Crippen MR) is 62.3 cm³/mol. The first kappa shape index (κ1) is 11.7. The lowest BCUT2D eigenvalue weighted by Crippen LogP contribution is -2.67. The minimum atomic E-state index is -0.402. The molecule has 0 spiro atoms. The Morgan fingerprint density at radius 1 is 1.38 bits per heavy atom. The van der Waals surface area contributed by atoms with Crippen LogP contribution in [0.15, 0.2) is 0 Å². The van der Waals surface area contributed by atoms with Crippen molar-refractivity contribution in [2.45, 2.75) is 64.3 Å². The van der Waals surface area contributed by atoms with Crippen molar-refractivity contribution in [3.63, 3.8) is 0 Å². The van der Waals surface area contributed by atoms with Crippen LogP contribution in [-0.4, -0.2) is 41.3 Å². The molecule has 0 aliphatic carbocycles. The van der Waals surface area contributed by atoms with Gasteiger partial charge in [-0.05, 0) is 40.5 Å². The van der Waals surface area contributed by atoms with Gasteiger partial charge in [0, 0.05) is 24.7 Å². The van der Waals surface area contributed by atoms with Crippen LogP contribution in [0.25, 0.3) is 0 Å². The van der Waals surface area contributed by atoms with E-state index in [1.165, 1.54) is 6.42 Å². The van der Waals surface area contributed by atoms with E-state index in [0.29, 0.717) is 12.1 Å². The summed E-state index contributed by atoms with van der Waals surface area (Å²) in [6.45, 7) is 8.75. The van der Waals surface area contributed by atoms with Gasteiger partial charge in [-0.3, -0.25) is 4.90 Å². The molecule has 92 valence electrons. The van der Waals surface area contributed by atoms with Crippen molar-refractivity contribution < 1.29 is 9.53 Å². The van der Waals surface area contributed by atoms with Crippen molar-refractivity contribution in [2.75, 3.05) is 6.54 Å². The number of nitrogens with one attached hydrogen (secondary N) is 1. The summed E-state index contributed by atoms with van der Waals surface area (Å²) in [4.78, 5) is 14.0. The first-order valence-electron chi connectivity index (χ1n) is 6.13. The molecule has 3 heterocycles. The lowest BCUT2D eigenvalue weighted by Gasteiger charge is -2.50. The minimum absolute atomic E-state index is 0.156. The van der Waals surface area contributed by atoms with Gasteiger partial charge in [-0.2, -0.15) is 0 Å². The van der Waals surface area contributed by atoms with Gasteiger partial charge in [-0.15, -0.1) is 0 Å². The molecule has 3 atom stereocenters. The summed E-state index contributed by atoms with van der Waals surface area (Å²) in [5, 5.41) is 3.47. The van der Waals surface area contributed by atoms with Crippen LogP contribution in [0.3, 0.4) is 0 Å². The second-order valence-electron chi connectivity index (χ2n) is 5.87. The van der Waals surface area contributed by atoms with E-state index in [0.717, 1.165) is 13.0 Å². The first-order chi connectivity index (χ1) is 7.38. The molecule has 4 heteroatoms. The van der Waals surface area contributed by atoms with Crippen LogP contribution in [0.2, 0.25) is 0 Å². The zero-order chi connectivity index (χ0) is 11.9. The fourth-order valence-electron chi connectivity index (χ4n) is 2.67. The Bertz CT molecular complexity index is 275. The fraction of sp³-hybridized carbons (Fsp3) is 0.917. The molecule has 1 amide bonds. The Morgan fingerprint density at radius 2 is 2.06 bits per heavy atom. The van der Waals surface area contributed by atoms with Crippen LogP contribution < -0.4 is 5.32 Å². The van der Waals surface area contributed by atoms with E-state index < -0.39 is 5.60 Å². The van der Waals surface area contributed by atoms with Crippen molar-refractivity contribution >= 4 is 6.09 Å². The number of carbonyl (C=O) groups is 1. The van der Waals surface area contributed by atoms with Crippen LogP contribution in [0.1, 0.15) is 40.5 Å². The summed E-state index contributed by atoms with van der Waals surface area (Å²) < 4.78 is 5.46. The smallest absolute Gasteiger partial charge is 0.410 e. The summed E-state index contributed by atoms with van der Waals surface area (Å²) in [6.07, 6.45) is 2.11. The third-order valence-electron chi connectivity index (χ3n) is 3.45. The molecule has 4 nitrogen and oxygen atoms in total. The molecule has 0 saturated carbocycles. The molecule has 2 bridgehead atoms. The molecule has 3 saturated heterocycles. The average Bonchev–Trinajstić information content (AvgIpc) is 2.16. The molecule has 16 heavy (non-hydrogen) atoms. The summed E-state index contributed by atoms with van der Waals surface area (Å²) >= 11 is 0. The lowest BCUT2D eigenvalue weighted by atomic mass is 9.88. The highest BCUT2D eigenvalue weighted by Crippen LogP contribution is 2.29. The second-order valence-corrected chi connectivity index (χ2v) is 5.87. The molecular formula is C12H22N2O2. The average molecular weight is 226 g/mol. The Kier molecular flexibility index (Phi) is 2.86. The van der Waals surface area contributed by atoms with Crippen molar-refractivity contribution in [2.24, 2.45) is 0 Å². The zero-order valence-corrected chi connectivity index (χ0v) is 10.6. The van der Waals surface area contributed by atoms with Crippen LogP contribution in [-0.2, 0) is 4.74 Å². The van der Waals surface area contributed by atoms with E-state index in [-0.39, 0.29) is 12.1 Å². The molecule has 0 unspecified atom stereocenters. The number of ether oxygens (including phenoxy) is 1. The number of hydrogen-bond donors (Lipinski definition) is 1. The first-order valence-corrected chi connectivity index (χ1v) is 6.13. The monoisotopic (exact) mass is 226 g/mol. The second kappa shape index (κ2) is 3.91. The van der Waals surface area contributed by atoms with Gasteiger partial charge in [0.2, 0.25) is 0 Å². The number of carbonyl (C=O) groups excluding carboxylic acids is 1. The maximum absolute atomic E-state index is 12.1. The van der Waals surface area contributed by atoms with Crippen molar-refractivity contribution in [1.29, 1.82) is 0 Å². The standard InChI is InChI=1S/C12H22N2O2/c1-8-10-6-5-9(7-13-10)14(8)11(15)16-12(2,3)4/h8-10,13H,5-7H2,1-4H3/t8-,9-,10-/m0/s1. The molecule has 3 aliphatic rings. The van der Waals surface area contributed by atoms with E-state index >= 15 is 0 Å². The van der Waals surface area contributed by atoms with Crippen molar-refractivity contribution in [3.05, 3.63) is 0 Å². The van der Waals surface area contributed by atoms with E-state index in [4.69, 9.17) is 4.74 Å². The summed E-state index contributed by atoms with van der Waals surface area (Å²) in [7, 11) is 0. The van der Waals surface area contributed by atoms with Crippen LogP contribution >= 0.6 is 0 Å². The summed E-state index contributed by atoms with van der Waals surface area (Å²) in [5.74, 6) is 0. The molecule has 0 aromatic carbocycles. The Labute approximate surface area is 97.3 Å². The normalized spacial score (nSPS) is 34.0. The van der Waals surface area contributed by atoms with Gasteiger partial charge in [0.05, 0.1) is 0 Å². The molecule has 3 aliphatic heterocycles. The summed E-state index contributed by atoms with van der Waals surface area (Å²) in [6, 6.07) is 1.01. The van der Waals surface area contributed by atoms with Crippen molar-refractivity contribution in [3.8, 4) is 0 Å². The molecular weight excluding hydrogens is 204 g/mol. The highest BCUT2D eigenvalue weighted by molar-refractivity contribution is 5.69. The van der Waals surface area contributed by atoms with Gasteiger partial charge >= 0.3 is 6.09 Å². The fourth-order valence-corrected chi connectivity index (χ4v) is 2.67. The van der Waals surface area contributed by atoms with E-state index in [9.17, 15) is 4.79 Å². The topological polar surface area (TPSA) is 41.6 Å². The quantitative estimate of drug-likeness (QED) is 0.684. The SMILES string of the molecule is C[C@H]1[C@@H]2CC[C@@H](CN2)N1C(=O)OC(C)(C)C. The maximum Gasteiger partial charge on any atom is 0.410 e. The van der Waals surface area contributed by atoms with Gasteiger partial charge in [-0.1, -0.05) is 0 Å². The van der Waals surface area contributed by atoms with Crippen LogP contribution in [0.5, 0.6) is 0 Å². The number of piperidine rings is 2. The van der Waals surface area contributed by atoms with E-state index in [2.05, 4.69) is 12.2 Å². The predicted octanol–water partition coefficient (Wildman–Crippen LogP) is 1.75. The van der Waals surface area contributed by atoms with E-state index in [1.54, 1.807) is 0 Å². The molecule has 1 N–H and O–H groups in total. The molecule has 0 aromatic heterocycles. The number of amides is 1. The molecule has 0 radical (unpaired) electrons. The molecule has 3 fully saturated rings. The summed E-state index contributed by atoms with van der Waals surface area (Å²) in [5.41, 5.74) is -0.402. The number of fused-ring (bicyclic) bond motifs is 3. The van der Waals surface area contributed by atoms with Gasteiger partial charge in [0.15, 0.2) is 0 Å². The molecule has 0 aromatic rings. The van der Waals surface area contributed by atoms with Crippen LogP contribution in [0.4, 0.5) is 4.79 Å². The van der Waals surface area contributed by atoms with Gasteiger partial charge in [0.1, 0.15) is 5.60 Å². The van der Waals surface area contributed by atoms with Crippen LogP contribution in [0, 0.1) is 0 Å². The highest BCUT2D eigenvalue weighted by Gasteiger charge is 2.43.